The number of rotatable bonds is 7. The second-order valence-corrected chi connectivity index (χ2v) is 5.72. The third kappa shape index (κ3) is 4.10. The number of unbranched alkanes of at least 4 members (excludes halogenated alkanes) is 2. The molecular formula is C20H26O. The molecule has 0 bridgehead atoms. The molecule has 1 N–H and O–H groups in total. The fourth-order valence-electron chi connectivity index (χ4n) is 2.67. The Morgan fingerprint density at radius 3 is 1.76 bits per heavy atom. The quantitative estimate of drug-likeness (QED) is 0.686. The molecular weight excluding hydrogens is 256 g/mol. The SMILES string of the molecule is CCCCc1cc(-c2ccccc2)cc(CCCC)c1O. The van der Waals surface area contributed by atoms with Crippen molar-refractivity contribution in [2.45, 2.75) is 52.4 Å². The molecule has 0 aliphatic heterocycles. The summed E-state index contributed by atoms with van der Waals surface area (Å²) in [6, 6.07) is 14.8. The van der Waals surface area contributed by atoms with Gasteiger partial charge in [-0.25, -0.2) is 0 Å². The molecule has 0 saturated carbocycles. The van der Waals surface area contributed by atoms with Crippen molar-refractivity contribution >= 4 is 0 Å². The van der Waals surface area contributed by atoms with E-state index >= 15 is 0 Å². The second kappa shape index (κ2) is 7.87. The van der Waals surface area contributed by atoms with Gasteiger partial charge >= 0.3 is 0 Å². The summed E-state index contributed by atoms with van der Waals surface area (Å²) in [4.78, 5) is 0. The molecule has 0 fully saturated rings. The Labute approximate surface area is 128 Å². The molecule has 0 amide bonds. The van der Waals surface area contributed by atoms with Crippen molar-refractivity contribution < 1.29 is 5.11 Å². The summed E-state index contributed by atoms with van der Waals surface area (Å²) >= 11 is 0. The predicted molar refractivity (Wildman–Crippen MR) is 90.8 cm³/mol. The first kappa shape index (κ1) is 15.6. The van der Waals surface area contributed by atoms with Crippen molar-refractivity contribution in [3.63, 3.8) is 0 Å². The first-order valence-corrected chi connectivity index (χ1v) is 8.16. The Bertz CT molecular complexity index is 528. The Hall–Kier alpha value is -1.76. The summed E-state index contributed by atoms with van der Waals surface area (Å²) in [6.45, 7) is 4.38. The lowest BCUT2D eigenvalue weighted by Gasteiger charge is -2.13. The van der Waals surface area contributed by atoms with E-state index in [0.29, 0.717) is 5.75 Å². The van der Waals surface area contributed by atoms with Gasteiger partial charge in [-0.3, -0.25) is 0 Å². The highest BCUT2D eigenvalue weighted by atomic mass is 16.3. The molecule has 0 aromatic heterocycles. The van der Waals surface area contributed by atoms with E-state index in [-0.39, 0.29) is 0 Å². The van der Waals surface area contributed by atoms with E-state index in [1.54, 1.807) is 0 Å². The molecule has 2 aromatic carbocycles. The highest BCUT2D eigenvalue weighted by Gasteiger charge is 2.10. The van der Waals surface area contributed by atoms with Gasteiger partial charge in [0, 0.05) is 0 Å². The molecule has 0 spiro atoms. The summed E-state index contributed by atoms with van der Waals surface area (Å²) < 4.78 is 0. The van der Waals surface area contributed by atoms with Crippen molar-refractivity contribution in [3.8, 4) is 16.9 Å². The van der Waals surface area contributed by atoms with Crippen LogP contribution in [0.5, 0.6) is 5.75 Å². The number of phenolic OH excluding ortho intramolecular Hbond substituents is 1. The molecule has 2 rings (SSSR count). The standard InChI is InChI=1S/C20H26O/c1-3-5-10-17-14-19(16-12-8-7-9-13-16)15-18(20(17)21)11-6-4-2/h7-9,12-15,21H,3-6,10-11H2,1-2H3. The van der Waals surface area contributed by atoms with E-state index in [0.717, 1.165) is 49.7 Å². The molecule has 1 heteroatoms. The second-order valence-electron chi connectivity index (χ2n) is 5.72. The molecule has 0 radical (unpaired) electrons. The third-order valence-electron chi connectivity index (χ3n) is 3.97. The summed E-state index contributed by atoms with van der Waals surface area (Å²) in [5.74, 6) is 0.525. The maximum absolute atomic E-state index is 10.5. The Morgan fingerprint density at radius 2 is 1.29 bits per heavy atom. The first-order chi connectivity index (χ1) is 10.3. The first-order valence-electron chi connectivity index (χ1n) is 8.16. The van der Waals surface area contributed by atoms with Crippen LogP contribution < -0.4 is 0 Å². The van der Waals surface area contributed by atoms with Gasteiger partial charge in [0.2, 0.25) is 0 Å². The third-order valence-corrected chi connectivity index (χ3v) is 3.97. The average molecular weight is 282 g/mol. The number of aromatic hydroxyl groups is 1. The van der Waals surface area contributed by atoms with E-state index in [9.17, 15) is 5.11 Å². The van der Waals surface area contributed by atoms with E-state index in [1.165, 1.54) is 11.1 Å². The molecule has 2 aromatic rings. The largest absolute Gasteiger partial charge is 0.507 e. The van der Waals surface area contributed by atoms with Crippen LogP contribution in [0.4, 0.5) is 0 Å². The lowest BCUT2D eigenvalue weighted by Crippen LogP contribution is -1.94. The summed E-state index contributed by atoms with van der Waals surface area (Å²) in [5.41, 5.74) is 4.66. The molecule has 21 heavy (non-hydrogen) atoms. The lowest BCUT2D eigenvalue weighted by molar-refractivity contribution is 0.459. The zero-order chi connectivity index (χ0) is 15.1. The molecule has 0 aliphatic carbocycles. The Kier molecular flexibility index (Phi) is 5.86. The summed E-state index contributed by atoms with van der Waals surface area (Å²) in [6.07, 6.45) is 6.47. The Morgan fingerprint density at radius 1 is 0.762 bits per heavy atom. The Balaban J connectivity index is 2.40. The number of aryl methyl sites for hydroxylation is 2. The minimum atomic E-state index is 0.525. The van der Waals surface area contributed by atoms with E-state index in [1.807, 2.05) is 6.07 Å². The predicted octanol–water partition coefficient (Wildman–Crippen LogP) is 5.74. The minimum Gasteiger partial charge on any atom is -0.507 e. The highest BCUT2D eigenvalue weighted by molar-refractivity contribution is 5.67. The fraction of sp³-hybridized carbons (Fsp3) is 0.400. The normalized spacial score (nSPS) is 10.8. The molecule has 0 aliphatic rings. The zero-order valence-electron chi connectivity index (χ0n) is 13.2. The van der Waals surface area contributed by atoms with Gasteiger partial charge in [0.1, 0.15) is 5.75 Å². The van der Waals surface area contributed by atoms with Crippen molar-refractivity contribution in [2.24, 2.45) is 0 Å². The van der Waals surface area contributed by atoms with Crippen molar-refractivity contribution in [1.29, 1.82) is 0 Å². The van der Waals surface area contributed by atoms with Gasteiger partial charge in [0.15, 0.2) is 0 Å². The number of phenols is 1. The molecule has 0 heterocycles. The number of hydrogen-bond acceptors (Lipinski definition) is 1. The topological polar surface area (TPSA) is 20.2 Å². The lowest BCUT2D eigenvalue weighted by atomic mass is 9.94. The van der Waals surface area contributed by atoms with Gasteiger partial charge in [-0.1, -0.05) is 57.0 Å². The minimum absolute atomic E-state index is 0.525. The monoisotopic (exact) mass is 282 g/mol. The van der Waals surface area contributed by atoms with Gasteiger partial charge < -0.3 is 5.11 Å². The van der Waals surface area contributed by atoms with Crippen LogP contribution in [0.2, 0.25) is 0 Å². The average Bonchev–Trinajstić information content (AvgIpc) is 2.53. The van der Waals surface area contributed by atoms with Crippen molar-refractivity contribution in [3.05, 3.63) is 53.6 Å². The summed E-state index contributed by atoms with van der Waals surface area (Å²) in [5, 5.41) is 10.5. The molecule has 112 valence electrons. The van der Waals surface area contributed by atoms with E-state index < -0.39 is 0 Å². The van der Waals surface area contributed by atoms with Gasteiger partial charge in [-0.15, -0.1) is 0 Å². The van der Waals surface area contributed by atoms with Crippen LogP contribution in [0.3, 0.4) is 0 Å². The molecule has 0 atom stereocenters. The van der Waals surface area contributed by atoms with Crippen molar-refractivity contribution in [1.82, 2.24) is 0 Å². The van der Waals surface area contributed by atoms with Crippen molar-refractivity contribution in [2.75, 3.05) is 0 Å². The van der Waals surface area contributed by atoms with Gasteiger partial charge in [0.25, 0.3) is 0 Å². The van der Waals surface area contributed by atoms with Gasteiger partial charge in [-0.2, -0.15) is 0 Å². The van der Waals surface area contributed by atoms with E-state index in [4.69, 9.17) is 0 Å². The van der Waals surface area contributed by atoms with Crippen LogP contribution in [0.25, 0.3) is 11.1 Å². The van der Waals surface area contributed by atoms with E-state index in [2.05, 4.69) is 50.2 Å². The van der Waals surface area contributed by atoms with Crippen LogP contribution in [0, 0.1) is 0 Å². The number of benzene rings is 2. The van der Waals surface area contributed by atoms with Crippen LogP contribution >= 0.6 is 0 Å². The van der Waals surface area contributed by atoms with Crippen LogP contribution in [0.15, 0.2) is 42.5 Å². The highest BCUT2D eigenvalue weighted by Crippen LogP contribution is 2.32. The maximum atomic E-state index is 10.5. The van der Waals surface area contributed by atoms with Gasteiger partial charge in [0.05, 0.1) is 0 Å². The zero-order valence-corrected chi connectivity index (χ0v) is 13.2. The number of hydrogen-bond donors (Lipinski definition) is 1. The smallest absolute Gasteiger partial charge is 0.121 e. The molecule has 0 saturated heterocycles. The fourth-order valence-corrected chi connectivity index (χ4v) is 2.67. The summed E-state index contributed by atoms with van der Waals surface area (Å²) in [7, 11) is 0. The molecule has 0 unspecified atom stereocenters. The maximum Gasteiger partial charge on any atom is 0.121 e. The molecule has 1 nitrogen and oxygen atoms in total. The van der Waals surface area contributed by atoms with Gasteiger partial charge in [-0.05, 0) is 60.1 Å². The van der Waals surface area contributed by atoms with Crippen LogP contribution in [-0.4, -0.2) is 5.11 Å². The van der Waals surface area contributed by atoms with Crippen LogP contribution in [-0.2, 0) is 12.8 Å². The van der Waals surface area contributed by atoms with Crippen LogP contribution in [0.1, 0.15) is 50.7 Å².